The Balaban J connectivity index is 0.00000112. The Labute approximate surface area is 96.3 Å². The van der Waals surface area contributed by atoms with Crippen molar-refractivity contribution in [3.63, 3.8) is 0 Å². The van der Waals surface area contributed by atoms with E-state index in [1.54, 1.807) is 0 Å². The fourth-order valence-corrected chi connectivity index (χ4v) is 1.74. The molecule has 0 radical (unpaired) electrons. The van der Waals surface area contributed by atoms with E-state index >= 15 is 0 Å². The van der Waals surface area contributed by atoms with Crippen LogP contribution in [0.3, 0.4) is 0 Å². The summed E-state index contributed by atoms with van der Waals surface area (Å²) in [6.07, 6.45) is 2.07. The van der Waals surface area contributed by atoms with Gasteiger partial charge in [-0.1, -0.05) is 32.0 Å². The quantitative estimate of drug-likeness (QED) is 0.810. The van der Waals surface area contributed by atoms with Crippen LogP contribution >= 0.6 is 12.4 Å². The lowest BCUT2D eigenvalue weighted by Crippen LogP contribution is -2.27. The number of benzene rings is 1. The van der Waals surface area contributed by atoms with E-state index in [-0.39, 0.29) is 17.8 Å². The maximum absolute atomic E-state index is 5.77. The fraction of sp³-hybridized carbons (Fsp3) is 0.333. The second kappa shape index (κ2) is 4.25. The number of aromatic amines is 1. The van der Waals surface area contributed by atoms with Gasteiger partial charge >= 0.3 is 0 Å². The molecule has 0 aliphatic rings. The van der Waals surface area contributed by atoms with Crippen LogP contribution in [0, 0.1) is 0 Å². The minimum Gasteiger partial charge on any atom is -0.361 e. The van der Waals surface area contributed by atoms with Gasteiger partial charge in [0, 0.05) is 29.1 Å². The maximum Gasteiger partial charge on any atom is 0.0457 e. The first-order chi connectivity index (χ1) is 6.65. The third-order valence-electron chi connectivity index (χ3n) is 2.83. The zero-order valence-electron chi connectivity index (χ0n) is 9.08. The summed E-state index contributed by atoms with van der Waals surface area (Å²) in [6, 6.07) is 8.33. The van der Waals surface area contributed by atoms with Crippen molar-refractivity contribution < 1.29 is 0 Å². The van der Waals surface area contributed by atoms with Crippen LogP contribution in [0.2, 0.25) is 0 Å². The first-order valence-corrected chi connectivity index (χ1v) is 4.92. The van der Waals surface area contributed by atoms with Crippen LogP contribution in [0.1, 0.15) is 19.4 Å². The summed E-state index contributed by atoms with van der Waals surface area (Å²) < 4.78 is 0. The van der Waals surface area contributed by atoms with Crippen molar-refractivity contribution in [1.82, 2.24) is 4.98 Å². The summed E-state index contributed by atoms with van der Waals surface area (Å²) in [5.41, 5.74) is 8.30. The molecule has 2 aromatic rings. The minimum absolute atomic E-state index is 0. The number of H-pyrrole nitrogens is 1. The van der Waals surface area contributed by atoms with Gasteiger partial charge in [0.25, 0.3) is 0 Å². The van der Waals surface area contributed by atoms with E-state index in [1.165, 1.54) is 16.5 Å². The number of aromatic nitrogens is 1. The van der Waals surface area contributed by atoms with Crippen LogP contribution in [0.25, 0.3) is 10.9 Å². The second-order valence-electron chi connectivity index (χ2n) is 4.34. The predicted octanol–water partition coefficient (Wildman–Crippen LogP) is 2.83. The van der Waals surface area contributed by atoms with E-state index < -0.39 is 0 Å². The summed E-state index contributed by atoms with van der Waals surface area (Å²) in [6.45, 7) is 5.00. The molecule has 2 nitrogen and oxygen atoms in total. The Morgan fingerprint density at radius 2 is 1.93 bits per heavy atom. The van der Waals surface area contributed by atoms with Crippen LogP contribution < -0.4 is 5.73 Å². The molecule has 0 saturated carbocycles. The van der Waals surface area contributed by atoms with Crippen molar-refractivity contribution in [3.05, 3.63) is 36.0 Å². The van der Waals surface area contributed by atoms with Gasteiger partial charge in [0.15, 0.2) is 0 Å². The Bertz CT molecular complexity index is 446. The smallest absolute Gasteiger partial charge is 0.0457 e. The van der Waals surface area contributed by atoms with Gasteiger partial charge in [-0.3, -0.25) is 0 Å². The molecule has 15 heavy (non-hydrogen) atoms. The van der Waals surface area contributed by atoms with Crippen LogP contribution in [0.15, 0.2) is 30.5 Å². The zero-order chi connectivity index (χ0) is 10.2. The van der Waals surface area contributed by atoms with E-state index in [2.05, 4.69) is 43.2 Å². The molecule has 0 unspecified atom stereocenters. The monoisotopic (exact) mass is 224 g/mol. The average molecular weight is 225 g/mol. The average Bonchev–Trinajstić information content (AvgIpc) is 2.61. The predicted molar refractivity (Wildman–Crippen MR) is 67.6 cm³/mol. The van der Waals surface area contributed by atoms with Gasteiger partial charge in [-0.15, -0.1) is 12.4 Å². The Morgan fingerprint density at radius 3 is 2.60 bits per heavy atom. The highest BCUT2D eigenvalue weighted by Crippen LogP contribution is 2.29. The Hall–Kier alpha value is -0.990. The summed E-state index contributed by atoms with van der Waals surface area (Å²) in [4.78, 5) is 3.27. The standard InChI is InChI=1S/C12H16N2.ClH/c1-12(2,8-13)10-7-14-11-6-4-3-5-9(10)11;/h3-7,14H,8,13H2,1-2H3;1H. The van der Waals surface area contributed by atoms with E-state index in [0.717, 1.165) is 0 Å². The number of hydrogen-bond acceptors (Lipinski definition) is 1. The summed E-state index contributed by atoms with van der Waals surface area (Å²) in [7, 11) is 0. The molecule has 0 saturated heterocycles. The number of nitrogens with two attached hydrogens (primary N) is 1. The lowest BCUT2D eigenvalue weighted by molar-refractivity contribution is 0.544. The lowest BCUT2D eigenvalue weighted by atomic mass is 9.85. The second-order valence-corrected chi connectivity index (χ2v) is 4.34. The summed E-state index contributed by atoms with van der Waals surface area (Å²) in [5.74, 6) is 0. The highest BCUT2D eigenvalue weighted by Gasteiger charge is 2.21. The molecule has 0 spiro atoms. The van der Waals surface area contributed by atoms with Gasteiger partial charge in [-0.05, 0) is 11.6 Å². The number of fused-ring (bicyclic) bond motifs is 1. The van der Waals surface area contributed by atoms with Crippen LogP contribution in [-0.4, -0.2) is 11.5 Å². The Kier molecular flexibility index (Phi) is 3.42. The van der Waals surface area contributed by atoms with Crippen LogP contribution in [0.5, 0.6) is 0 Å². The van der Waals surface area contributed by atoms with Gasteiger partial charge in [-0.2, -0.15) is 0 Å². The van der Waals surface area contributed by atoms with E-state index in [1.807, 2.05) is 6.07 Å². The molecule has 1 aromatic heterocycles. The van der Waals surface area contributed by atoms with Crippen molar-refractivity contribution in [2.24, 2.45) is 5.73 Å². The van der Waals surface area contributed by atoms with Crippen LogP contribution in [-0.2, 0) is 5.41 Å². The molecule has 1 heterocycles. The third-order valence-corrected chi connectivity index (χ3v) is 2.83. The van der Waals surface area contributed by atoms with Crippen molar-refractivity contribution in [3.8, 4) is 0 Å². The molecule has 0 atom stereocenters. The SMILES string of the molecule is CC(C)(CN)c1c[nH]c2ccccc12.Cl. The number of para-hydroxylation sites is 1. The minimum atomic E-state index is 0. The van der Waals surface area contributed by atoms with Gasteiger partial charge in [0.1, 0.15) is 0 Å². The largest absolute Gasteiger partial charge is 0.361 e. The third kappa shape index (κ3) is 2.01. The molecule has 1 aromatic carbocycles. The number of nitrogens with one attached hydrogen (secondary N) is 1. The number of halogens is 1. The summed E-state index contributed by atoms with van der Waals surface area (Å²) >= 11 is 0. The van der Waals surface area contributed by atoms with Crippen molar-refractivity contribution >= 4 is 23.3 Å². The summed E-state index contributed by atoms with van der Waals surface area (Å²) in [5, 5.41) is 1.28. The first-order valence-electron chi connectivity index (χ1n) is 4.92. The van der Waals surface area contributed by atoms with Gasteiger partial charge in [-0.25, -0.2) is 0 Å². The van der Waals surface area contributed by atoms with Gasteiger partial charge in [0.2, 0.25) is 0 Å². The molecule has 3 N–H and O–H groups in total. The molecule has 0 bridgehead atoms. The maximum atomic E-state index is 5.77. The molecule has 82 valence electrons. The van der Waals surface area contributed by atoms with Crippen molar-refractivity contribution in [1.29, 1.82) is 0 Å². The molecular weight excluding hydrogens is 208 g/mol. The number of hydrogen-bond donors (Lipinski definition) is 2. The lowest BCUT2D eigenvalue weighted by Gasteiger charge is -2.21. The molecule has 0 fully saturated rings. The highest BCUT2D eigenvalue weighted by atomic mass is 35.5. The van der Waals surface area contributed by atoms with Crippen molar-refractivity contribution in [2.75, 3.05) is 6.54 Å². The van der Waals surface area contributed by atoms with Gasteiger partial charge < -0.3 is 10.7 Å². The normalized spacial score (nSPS) is 11.4. The molecule has 3 heteroatoms. The molecule has 0 aliphatic heterocycles. The Morgan fingerprint density at radius 1 is 1.27 bits per heavy atom. The first kappa shape index (κ1) is 12.1. The topological polar surface area (TPSA) is 41.8 Å². The zero-order valence-corrected chi connectivity index (χ0v) is 9.90. The molecule has 0 amide bonds. The highest BCUT2D eigenvalue weighted by molar-refractivity contribution is 5.85. The molecule has 0 aliphatic carbocycles. The fourth-order valence-electron chi connectivity index (χ4n) is 1.74. The van der Waals surface area contributed by atoms with Crippen molar-refractivity contribution in [2.45, 2.75) is 19.3 Å². The van der Waals surface area contributed by atoms with Crippen LogP contribution in [0.4, 0.5) is 0 Å². The van der Waals surface area contributed by atoms with E-state index in [9.17, 15) is 0 Å². The molecule has 2 rings (SSSR count). The van der Waals surface area contributed by atoms with Gasteiger partial charge in [0.05, 0.1) is 0 Å². The molecular formula is C12H17ClN2. The number of rotatable bonds is 2. The van der Waals surface area contributed by atoms with E-state index in [0.29, 0.717) is 6.54 Å². The van der Waals surface area contributed by atoms with E-state index in [4.69, 9.17) is 5.73 Å².